The molecule has 6 nitrogen and oxygen atoms in total. The summed E-state index contributed by atoms with van der Waals surface area (Å²) in [5.74, 6) is 0.0105. The number of unbranched alkanes of at least 4 members (excludes halogenated alkanes) is 1. The third-order valence-corrected chi connectivity index (χ3v) is 5.31. The molecule has 2 saturated heterocycles. The number of carbonyl (C=O) groups is 2. The maximum atomic E-state index is 12.4. The first-order valence-corrected chi connectivity index (χ1v) is 10.1. The van der Waals surface area contributed by atoms with E-state index in [1.54, 1.807) is 4.90 Å². The van der Waals surface area contributed by atoms with Crippen LogP contribution in [0.1, 0.15) is 43.2 Å². The van der Waals surface area contributed by atoms with Gasteiger partial charge in [-0.2, -0.15) is 0 Å². The molecule has 1 aromatic carbocycles. The zero-order valence-electron chi connectivity index (χ0n) is 16.3. The Bertz CT molecular complexity index is 643. The number of benzene rings is 1. The van der Waals surface area contributed by atoms with Gasteiger partial charge in [0.1, 0.15) is 6.54 Å². The minimum absolute atomic E-state index is 0.0105. The predicted octanol–water partition coefficient (Wildman–Crippen LogP) is 2.70. The second kappa shape index (κ2) is 9.74. The van der Waals surface area contributed by atoms with Crippen LogP contribution in [0.4, 0.5) is 4.79 Å². The summed E-state index contributed by atoms with van der Waals surface area (Å²) < 4.78 is 5.61. The summed E-state index contributed by atoms with van der Waals surface area (Å²) in [6, 6.07) is 8.07. The van der Waals surface area contributed by atoms with Gasteiger partial charge in [0.25, 0.3) is 0 Å². The van der Waals surface area contributed by atoms with Crippen LogP contribution in [0.25, 0.3) is 0 Å². The smallest absolute Gasteiger partial charge is 0.317 e. The highest BCUT2D eigenvalue weighted by atomic mass is 16.5. The van der Waals surface area contributed by atoms with Gasteiger partial charge < -0.3 is 19.9 Å². The van der Waals surface area contributed by atoms with E-state index in [1.165, 1.54) is 18.4 Å². The number of rotatable bonds is 7. The fourth-order valence-electron chi connectivity index (χ4n) is 3.76. The summed E-state index contributed by atoms with van der Waals surface area (Å²) in [7, 11) is 0. The molecule has 1 aromatic rings. The summed E-state index contributed by atoms with van der Waals surface area (Å²) in [6.07, 6.45) is 5.85. The Hall–Kier alpha value is -2.08. The Morgan fingerprint density at radius 1 is 1.30 bits per heavy atom. The van der Waals surface area contributed by atoms with Gasteiger partial charge in [-0.15, -0.1) is 0 Å². The molecule has 2 aliphatic heterocycles. The Morgan fingerprint density at radius 2 is 2.19 bits per heavy atom. The molecule has 2 heterocycles. The maximum Gasteiger partial charge on any atom is 0.317 e. The molecule has 0 spiro atoms. The molecular weight excluding hydrogens is 342 g/mol. The van der Waals surface area contributed by atoms with Crippen molar-refractivity contribution in [3.05, 3.63) is 35.4 Å². The van der Waals surface area contributed by atoms with E-state index >= 15 is 0 Å². The highest BCUT2D eigenvalue weighted by Gasteiger charge is 2.27. The molecule has 6 heteroatoms. The number of amides is 3. The SMILES string of the molecule is Cc1cccc(CN2CCN(C(=O)NCCCCC3CCCO3)CC2=O)c1. The van der Waals surface area contributed by atoms with Crippen LogP contribution in [0.3, 0.4) is 0 Å². The van der Waals surface area contributed by atoms with Crippen LogP contribution in [-0.4, -0.2) is 60.6 Å². The molecule has 2 aliphatic rings. The van der Waals surface area contributed by atoms with Crippen molar-refractivity contribution in [1.29, 1.82) is 0 Å². The fraction of sp³-hybridized carbons (Fsp3) is 0.619. The van der Waals surface area contributed by atoms with Gasteiger partial charge in [0, 0.05) is 32.8 Å². The Morgan fingerprint density at radius 3 is 2.93 bits per heavy atom. The molecule has 0 radical (unpaired) electrons. The zero-order chi connectivity index (χ0) is 19.1. The second-order valence-electron chi connectivity index (χ2n) is 7.59. The van der Waals surface area contributed by atoms with Gasteiger partial charge in [-0.1, -0.05) is 29.8 Å². The van der Waals surface area contributed by atoms with Gasteiger partial charge in [-0.3, -0.25) is 4.79 Å². The number of piperazine rings is 1. The topological polar surface area (TPSA) is 61.9 Å². The van der Waals surface area contributed by atoms with E-state index in [9.17, 15) is 9.59 Å². The van der Waals surface area contributed by atoms with Crippen molar-refractivity contribution in [3.8, 4) is 0 Å². The van der Waals surface area contributed by atoms with E-state index in [2.05, 4.69) is 11.4 Å². The van der Waals surface area contributed by atoms with Crippen molar-refractivity contribution in [3.63, 3.8) is 0 Å². The van der Waals surface area contributed by atoms with Gasteiger partial charge >= 0.3 is 6.03 Å². The number of aryl methyl sites for hydroxylation is 1. The molecule has 1 N–H and O–H groups in total. The van der Waals surface area contributed by atoms with Crippen LogP contribution in [0.5, 0.6) is 0 Å². The van der Waals surface area contributed by atoms with E-state index in [0.717, 1.165) is 31.4 Å². The minimum Gasteiger partial charge on any atom is -0.378 e. The van der Waals surface area contributed by atoms with Crippen molar-refractivity contribution < 1.29 is 14.3 Å². The average molecular weight is 373 g/mol. The lowest BCUT2D eigenvalue weighted by atomic mass is 10.1. The van der Waals surface area contributed by atoms with E-state index in [-0.39, 0.29) is 18.5 Å². The first-order valence-electron chi connectivity index (χ1n) is 10.1. The number of nitrogens with one attached hydrogen (secondary N) is 1. The first kappa shape index (κ1) is 19.7. The van der Waals surface area contributed by atoms with Crippen LogP contribution in [0.2, 0.25) is 0 Å². The summed E-state index contributed by atoms with van der Waals surface area (Å²) >= 11 is 0. The maximum absolute atomic E-state index is 12.4. The van der Waals surface area contributed by atoms with Crippen LogP contribution < -0.4 is 5.32 Å². The molecule has 27 heavy (non-hydrogen) atoms. The third kappa shape index (κ3) is 5.96. The predicted molar refractivity (Wildman–Crippen MR) is 104 cm³/mol. The Labute approximate surface area is 161 Å². The van der Waals surface area contributed by atoms with Gasteiger partial charge in [-0.25, -0.2) is 4.79 Å². The molecule has 3 amide bonds. The van der Waals surface area contributed by atoms with Crippen molar-refractivity contribution in [2.75, 3.05) is 32.8 Å². The number of nitrogens with zero attached hydrogens (tertiary/aromatic N) is 2. The summed E-state index contributed by atoms with van der Waals surface area (Å²) in [6.45, 7) is 5.54. The van der Waals surface area contributed by atoms with Crippen LogP contribution in [0.15, 0.2) is 24.3 Å². The fourth-order valence-corrected chi connectivity index (χ4v) is 3.76. The summed E-state index contributed by atoms with van der Waals surface area (Å²) in [4.78, 5) is 28.2. The molecule has 0 saturated carbocycles. The molecule has 0 bridgehead atoms. The zero-order valence-corrected chi connectivity index (χ0v) is 16.3. The lowest BCUT2D eigenvalue weighted by Crippen LogP contribution is -2.54. The lowest BCUT2D eigenvalue weighted by molar-refractivity contribution is -0.135. The molecule has 1 atom stereocenters. The van der Waals surface area contributed by atoms with Crippen molar-refractivity contribution >= 4 is 11.9 Å². The second-order valence-corrected chi connectivity index (χ2v) is 7.59. The Kier molecular flexibility index (Phi) is 7.10. The minimum atomic E-state index is -0.129. The average Bonchev–Trinajstić information content (AvgIpc) is 3.16. The highest BCUT2D eigenvalue weighted by molar-refractivity contribution is 5.85. The molecule has 148 valence electrons. The molecular formula is C21H31N3O3. The summed E-state index contributed by atoms with van der Waals surface area (Å²) in [5, 5.41) is 2.95. The van der Waals surface area contributed by atoms with E-state index in [1.807, 2.05) is 30.0 Å². The molecule has 1 unspecified atom stereocenters. The number of carbonyl (C=O) groups excluding carboxylic acids is 2. The monoisotopic (exact) mass is 373 g/mol. The molecule has 0 aliphatic carbocycles. The van der Waals surface area contributed by atoms with Gasteiger partial charge in [0.2, 0.25) is 5.91 Å². The van der Waals surface area contributed by atoms with E-state index in [0.29, 0.717) is 32.3 Å². The van der Waals surface area contributed by atoms with Crippen LogP contribution >= 0.6 is 0 Å². The first-order chi connectivity index (χ1) is 13.1. The lowest BCUT2D eigenvalue weighted by Gasteiger charge is -2.34. The van der Waals surface area contributed by atoms with Gasteiger partial charge in [0.15, 0.2) is 0 Å². The number of hydrogen-bond donors (Lipinski definition) is 1. The van der Waals surface area contributed by atoms with Crippen LogP contribution in [-0.2, 0) is 16.1 Å². The van der Waals surface area contributed by atoms with Gasteiger partial charge in [0.05, 0.1) is 6.10 Å². The number of urea groups is 1. The largest absolute Gasteiger partial charge is 0.378 e. The summed E-state index contributed by atoms with van der Waals surface area (Å²) in [5.41, 5.74) is 2.32. The molecule has 2 fully saturated rings. The third-order valence-electron chi connectivity index (χ3n) is 5.31. The van der Waals surface area contributed by atoms with E-state index in [4.69, 9.17) is 4.74 Å². The number of hydrogen-bond acceptors (Lipinski definition) is 3. The van der Waals surface area contributed by atoms with Crippen molar-refractivity contribution in [1.82, 2.24) is 15.1 Å². The van der Waals surface area contributed by atoms with Crippen molar-refractivity contribution in [2.45, 2.75) is 51.7 Å². The normalized spacial score (nSPS) is 20.2. The highest BCUT2D eigenvalue weighted by Crippen LogP contribution is 2.17. The molecule has 0 aromatic heterocycles. The van der Waals surface area contributed by atoms with Crippen molar-refractivity contribution in [2.24, 2.45) is 0 Å². The standard InChI is InChI=1S/C21H31N3O3/c1-17-6-4-7-18(14-17)15-23-11-12-24(16-20(23)25)21(26)22-10-3-2-8-19-9-5-13-27-19/h4,6-7,14,19H,2-3,5,8-13,15-16H2,1H3,(H,22,26). The molecule has 3 rings (SSSR count). The van der Waals surface area contributed by atoms with Gasteiger partial charge in [-0.05, 0) is 44.6 Å². The Balaban J connectivity index is 1.34. The quantitative estimate of drug-likeness (QED) is 0.748. The van der Waals surface area contributed by atoms with Crippen LogP contribution in [0, 0.1) is 6.92 Å². The number of ether oxygens (including phenoxy) is 1. The van der Waals surface area contributed by atoms with E-state index < -0.39 is 0 Å².